The Morgan fingerprint density at radius 2 is 1.29 bits per heavy atom. The first-order chi connectivity index (χ1) is 2.41. The Morgan fingerprint density at radius 1 is 1.29 bits per heavy atom. The fourth-order valence-corrected chi connectivity index (χ4v) is 0. The van der Waals surface area contributed by atoms with Gasteiger partial charge in [-0.05, 0) is 0 Å². The third kappa shape index (κ3) is 405. The molecule has 0 unspecified atom stereocenters. The summed E-state index contributed by atoms with van der Waals surface area (Å²) < 4.78 is 0. The van der Waals surface area contributed by atoms with Gasteiger partial charge in [-0.15, -0.1) is 0 Å². The first-order valence-corrected chi connectivity index (χ1v) is 2.21. The van der Waals surface area contributed by atoms with Crippen molar-refractivity contribution in [3.8, 4) is 0 Å². The second kappa shape index (κ2) is 81.8. The SMILES string of the molecule is CC.[CH2-]CC.[CH3-].[V+2]. The minimum Gasteiger partial charge on any atom is -0.358 e. The molecule has 0 saturated heterocycles. The van der Waals surface area contributed by atoms with Crippen LogP contribution in [-0.4, -0.2) is 0 Å². The summed E-state index contributed by atoms with van der Waals surface area (Å²) in [7, 11) is 0. The fourth-order valence-electron chi connectivity index (χ4n) is 0. The van der Waals surface area contributed by atoms with E-state index in [1.165, 1.54) is 0 Å². The van der Waals surface area contributed by atoms with Crippen LogP contribution in [0.1, 0.15) is 27.2 Å². The summed E-state index contributed by atoms with van der Waals surface area (Å²) in [6, 6.07) is 0. The second-order valence-electron chi connectivity index (χ2n) is 0.500. The minimum absolute atomic E-state index is 0. The van der Waals surface area contributed by atoms with Crippen LogP contribution < -0.4 is 0 Å². The van der Waals surface area contributed by atoms with E-state index in [4.69, 9.17) is 0 Å². The van der Waals surface area contributed by atoms with Gasteiger partial charge >= 0.3 is 18.6 Å². The quantitative estimate of drug-likeness (QED) is 0.452. The maximum Gasteiger partial charge on any atom is 2.00 e. The summed E-state index contributed by atoms with van der Waals surface area (Å²) in [5.74, 6) is 0. The molecule has 0 heterocycles. The van der Waals surface area contributed by atoms with Crippen molar-refractivity contribution in [2.75, 3.05) is 0 Å². The van der Waals surface area contributed by atoms with Crippen molar-refractivity contribution in [1.29, 1.82) is 0 Å². The van der Waals surface area contributed by atoms with Crippen LogP contribution in [0.15, 0.2) is 0 Å². The molecule has 0 aromatic heterocycles. The summed E-state index contributed by atoms with van der Waals surface area (Å²) in [5, 5.41) is 0. The Bertz CT molecular complexity index is 4.14. The molecule has 0 nitrogen and oxygen atoms in total. The van der Waals surface area contributed by atoms with Crippen LogP contribution in [0.3, 0.4) is 0 Å². The van der Waals surface area contributed by atoms with Crippen molar-refractivity contribution in [1.82, 2.24) is 0 Å². The molecule has 0 spiro atoms. The average Bonchev–Trinajstić information content (AvgIpc) is 1.46. The monoisotopic (exact) mass is 139 g/mol. The van der Waals surface area contributed by atoms with Gasteiger partial charge in [0, 0.05) is 0 Å². The molecule has 0 saturated carbocycles. The van der Waals surface area contributed by atoms with Crippen LogP contribution in [-0.2, 0) is 18.6 Å². The van der Waals surface area contributed by atoms with E-state index >= 15 is 0 Å². The predicted octanol–water partition coefficient (Wildman–Crippen LogP) is 2.70. The molecule has 0 aromatic carbocycles. The van der Waals surface area contributed by atoms with Crippen molar-refractivity contribution >= 4 is 0 Å². The molecule has 0 aliphatic rings. The normalized spacial score (nSPS) is 3.43. The van der Waals surface area contributed by atoms with Gasteiger partial charge in [-0.2, -0.15) is 6.42 Å². The van der Waals surface area contributed by atoms with E-state index in [-0.39, 0.29) is 26.0 Å². The first-order valence-electron chi connectivity index (χ1n) is 2.21. The van der Waals surface area contributed by atoms with Crippen molar-refractivity contribution in [3.05, 3.63) is 14.4 Å². The van der Waals surface area contributed by atoms with Crippen molar-refractivity contribution in [2.24, 2.45) is 0 Å². The predicted molar refractivity (Wildman–Crippen MR) is 33.4 cm³/mol. The van der Waals surface area contributed by atoms with E-state index in [1.807, 2.05) is 20.8 Å². The van der Waals surface area contributed by atoms with Crippen molar-refractivity contribution in [3.63, 3.8) is 0 Å². The van der Waals surface area contributed by atoms with Gasteiger partial charge in [0.05, 0.1) is 0 Å². The standard InChI is InChI=1S/C3H7.C2H6.CH3.V/c1-3-2;1-2;;/h1,3H2,2H3;1-2H3;1H3;/q-1;;-1;+2. The molecule has 0 atom stereocenters. The molecule has 0 aromatic rings. The fraction of sp³-hybridized carbons (Fsp3) is 0.667. The maximum absolute atomic E-state index is 3.49. The average molecular weight is 139 g/mol. The van der Waals surface area contributed by atoms with Crippen LogP contribution >= 0.6 is 0 Å². The van der Waals surface area contributed by atoms with E-state index in [2.05, 4.69) is 6.92 Å². The van der Waals surface area contributed by atoms with Crippen LogP contribution in [0.25, 0.3) is 0 Å². The van der Waals surface area contributed by atoms with Gasteiger partial charge < -0.3 is 14.4 Å². The third-order valence-electron chi connectivity index (χ3n) is 0. The Kier molecular flexibility index (Phi) is 299. The molecule has 0 bridgehead atoms. The van der Waals surface area contributed by atoms with Gasteiger partial charge in [-0.1, -0.05) is 20.8 Å². The molecule has 0 fully saturated rings. The van der Waals surface area contributed by atoms with Gasteiger partial charge in [0.15, 0.2) is 0 Å². The van der Waals surface area contributed by atoms with E-state index in [9.17, 15) is 0 Å². The Morgan fingerprint density at radius 3 is 1.29 bits per heavy atom. The van der Waals surface area contributed by atoms with E-state index < -0.39 is 0 Å². The molecular formula is C6H16V. The van der Waals surface area contributed by atoms with Crippen molar-refractivity contribution < 1.29 is 18.6 Å². The van der Waals surface area contributed by atoms with Gasteiger partial charge in [-0.25, -0.2) is 0 Å². The van der Waals surface area contributed by atoms with Crippen LogP contribution in [0.2, 0.25) is 0 Å². The zero-order valence-electron chi connectivity index (χ0n) is 5.86. The minimum atomic E-state index is 0. The summed E-state index contributed by atoms with van der Waals surface area (Å²) in [5.41, 5.74) is 0. The maximum atomic E-state index is 3.49. The smallest absolute Gasteiger partial charge is 0.358 e. The van der Waals surface area contributed by atoms with Gasteiger partial charge in [0.1, 0.15) is 0 Å². The van der Waals surface area contributed by atoms with Gasteiger partial charge in [0.25, 0.3) is 0 Å². The number of rotatable bonds is 0. The summed E-state index contributed by atoms with van der Waals surface area (Å²) >= 11 is 0. The molecule has 0 aliphatic carbocycles. The second-order valence-corrected chi connectivity index (χ2v) is 0.500. The van der Waals surface area contributed by atoms with Crippen LogP contribution in [0.5, 0.6) is 0 Å². The molecule has 0 amide bonds. The third-order valence-corrected chi connectivity index (χ3v) is 0. The Hall–Kier alpha value is 0.584. The molecule has 1 radical (unpaired) electrons. The molecular weight excluding hydrogens is 123 g/mol. The van der Waals surface area contributed by atoms with Crippen molar-refractivity contribution in [2.45, 2.75) is 27.2 Å². The summed E-state index contributed by atoms with van der Waals surface area (Å²) in [4.78, 5) is 0. The number of hydrogen-bond acceptors (Lipinski definition) is 0. The summed E-state index contributed by atoms with van der Waals surface area (Å²) in [6.45, 7) is 9.50. The zero-order chi connectivity index (χ0) is 4.71. The van der Waals surface area contributed by atoms with E-state index in [0.717, 1.165) is 6.42 Å². The zero-order valence-corrected chi connectivity index (χ0v) is 7.26. The van der Waals surface area contributed by atoms with Crippen LogP contribution in [0, 0.1) is 14.4 Å². The largest absolute Gasteiger partial charge is 2.00 e. The summed E-state index contributed by atoms with van der Waals surface area (Å²) in [6.07, 6.45) is 1.00. The molecule has 7 heavy (non-hydrogen) atoms. The molecule has 0 aliphatic heterocycles. The molecule has 0 N–H and O–H groups in total. The molecule has 1 heteroatoms. The Balaban J connectivity index is -0.0000000105. The molecule has 45 valence electrons. The van der Waals surface area contributed by atoms with Gasteiger partial charge in [-0.3, -0.25) is 0 Å². The first kappa shape index (κ1) is 25.6. The van der Waals surface area contributed by atoms with E-state index in [0.29, 0.717) is 0 Å². The molecule has 0 rings (SSSR count). The topological polar surface area (TPSA) is 0 Å². The van der Waals surface area contributed by atoms with Crippen LogP contribution in [0.4, 0.5) is 0 Å². The van der Waals surface area contributed by atoms with Gasteiger partial charge in [0.2, 0.25) is 0 Å². The Labute approximate surface area is 60.6 Å². The van der Waals surface area contributed by atoms with E-state index in [1.54, 1.807) is 0 Å². The number of hydrogen-bond donors (Lipinski definition) is 0.